The first kappa shape index (κ1) is 18.9. The summed E-state index contributed by atoms with van der Waals surface area (Å²) >= 11 is 4.60. The zero-order valence-corrected chi connectivity index (χ0v) is 16.2. The maximum absolute atomic E-state index is 12.3. The fourth-order valence-electron chi connectivity index (χ4n) is 2.17. The molecule has 2 aromatic carbocycles. The molecule has 1 N–H and O–H groups in total. The second kappa shape index (κ2) is 8.70. The van der Waals surface area contributed by atoms with Crippen LogP contribution in [0, 0.1) is 0 Å². The minimum atomic E-state index is -0.654. The number of ether oxygens (including phenoxy) is 1. The number of amides is 1. The van der Waals surface area contributed by atoms with Gasteiger partial charge < -0.3 is 10.1 Å². The van der Waals surface area contributed by atoms with Gasteiger partial charge in [-0.2, -0.15) is 0 Å². The van der Waals surface area contributed by atoms with Gasteiger partial charge in [0.2, 0.25) is 5.78 Å². The van der Waals surface area contributed by atoms with Gasteiger partial charge in [-0.05, 0) is 42.5 Å². The van der Waals surface area contributed by atoms with E-state index >= 15 is 0 Å². The van der Waals surface area contributed by atoms with Gasteiger partial charge in [0, 0.05) is 21.1 Å². The highest BCUT2D eigenvalue weighted by molar-refractivity contribution is 9.10. The van der Waals surface area contributed by atoms with Crippen molar-refractivity contribution in [3.05, 3.63) is 80.7 Å². The van der Waals surface area contributed by atoms with Crippen molar-refractivity contribution in [3.63, 3.8) is 0 Å². The molecule has 0 unspecified atom stereocenters. The van der Waals surface area contributed by atoms with Gasteiger partial charge in [0.25, 0.3) is 5.91 Å². The number of ketones is 1. The lowest BCUT2D eigenvalue weighted by molar-refractivity contribution is 0.0473. The standard InChI is InChI=1S/C19H13BrN2O4S/c20-14-6-4-12(5-7-14)18(24)22-15-3-1-2-13(8-15)19(25)26-9-17(23)16-10-27-11-21-16/h1-8,10-11H,9H2,(H,22,24). The number of esters is 1. The second-order valence-electron chi connectivity index (χ2n) is 5.41. The summed E-state index contributed by atoms with van der Waals surface area (Å²) in [5, 5.41) is 4.31. The number of carbonyl (C=O) groups is 3. The predicted molar refractivity (Wildman–Crippen MR) is 105 cm³/mol. The van der Waals surface area contributed by atoms with Crippen molar-refractivity contribution < 1.29 is 19.1 Å². The first-order valence-corrected chi connectivity index (χ1v) is 9.52. The number of hydrogen-bond acceptors (Lipinski definition) is 6. The zero-order chi connectivity index (χ0) is 19.2. The summed E-state index contributed by atoms with van der Waals surface area (Å²) in [6, 6.07) is 13.2. The van der Waals surface area contributed by atoms with Gasteiger partial charge in [-0.1, -0.05) is 22.0 Å². The number of nitrogens with zero attached hydrogens (tertiary/aromatic N) is 1. The lowest BCUT2D eigenvalue weighted by Gasteiger charge is -2.08. The number of Topliss-reactive ketones (excluding diaryl/α,β-unsaturated/α-hetero) is 1. The Labute approximate surface area is 167 Å². The Balaban J connectivity index is 1.62. The number of aromatic nitrogens is 1. The normalized spacial score (nSPS) is 10.3. The van der Waals surface area contributed by atoms with Crippen LogP contribution >= 0.6 is 27.3 Å². The smallest absolute Gasteiger partial charge is 0.338 e. The molecule has 3 rings (SSSR count). The monoisotopic (exact) mass is 444 g/mol. The lowest BCUT2D eigenvalue weighted by atomic mass is 10.1. The Morgan fingerprint density at radius 3 is 2.56 bits per heavy atom. The fraction of sp³-hybridized carbons (Fsp3) is 0.0526. The number of halogens is 1. The number of hydrogen-bond donors (Lipinski definition) is 1. The molecule has 0 aliphatic heterocycles. The van der Waals surface area contributed by atoms with Crippen molar-refractivity contribution in [1.82, 2.24) is 4.98 Å². The molecule has 0 saturated carbocycles. The van der Waals surface area contributed by atoms with Gasteiger partial charge in [-0.15, -0.1) is 11.3 Å². The molecule has 1 heterocycles. The highest BCUT2D eigenvalue weighted by Gasteiger charge is 2.14. The van der Waals surface area contributed by atoms with E-state index < -0.39 is 12.6 Å². The topological polar surface area (TPSA) is 85.4 Å². The van der Waals surface area contributed by atoms with Crippen LogP contribution in [0.1, 0.15) is 31.2 Å². The summed E-state index contributed by atoms with van der Waals surface area (Å²) in [5.74, 6) is -1.32. The summed E-state index contributed by atoms with van der Waals surface area (Å²) < 4.78 is 5.90. The van der Waals surface area contributed by atoms with Crippen LogP contribution in [0.15, 0.2) is 63.9 Å². The fourth-order valence-corrected chi connectivity index (χ4v) is 2.99. The summed E-state index contributed by atoms with van der Waals surface area (Å²) in [6.07, 6.45) is 0. The van der Waals surface area contributed by atoms with Gasteiger partial charge in [-0.3, -0.25) is 9.59 Å². The van der Waals surface area contributed by atoms with E-state index in [1.54, 1.807) is 47.8 Å². The summed E-state index contributed by atoms with van der Waals surface area (Å²) in [5.41, 5.74) is 2.97. The van der Waals surface area contributed by atoms with E-state index in [9.17, 15) is 14.4 Å². The number of benzene rings is 2. The van der Waals surface area contributed by atoms with E-state index in [4.69, 9.17) is 4.74 Å². The van der Waals surface area contributed by atoms with Gasteiger partial charge in [0.1, 0.15) is 5.69 Å². The van der Waals surface area contributed by atoms with Crippen LogP contribution in [-0.2, 0) is 4.74 Å². The van der Waals surface area contributed by atoms with Crippen molar-refractivity contribution in [2.24, 2.45) is 0 Å². The Morgan fingerprint density at radius 2 is 1.85 bits per heavy atom. The molecule has 1 aromatic heterocycles. The average molecular weight is 445 g/mol. The first-order chi connectivity index (χ1) is 13.0. The lowest BCUT2D eigenvalue weighted by Crippen LogP contribution is -2.15. The number of anilines is 1. The number of carbonyl (C=O) groups excluding carboxylic acids is 3. The minimum absolute atomic E-state index is 0.231. The number of thiazole rings is 1. The molecule has 0 fully saturated rings. The molecule has 3 aromatic rings. The number of nitrogens with one attached hydrogen (secondary N) is 1. The predicted octanol–water partition coefficient (Wildman–Crippen LogP) is 4.20. The average Bonchev–Trinajstić information content (AvgIpc) is 3.21. The van der Waals surface area contributed by atoms with E-state index in [1.807, 2.05) is 0 Å². The summed E-state index contributed by atoms with van der Waals surface area (Å²) in [4.78, 5) is 40.1. The molecule has 27 heavy (non-hydrogen) atoms. The molecule has 0 radical (unpaired) electrons. The Hall–Kier alpha value is -2.84. The van der Waals surface area contributed by atoms with E-state index in [-0.39, 0.29) is 22.9 Å². The molecule has 0 aliphatic rings. The van der Waals surface area contributed by atoms with Crippen LogP contribution < -0.4 is 5.32 Å². The summed E-state index contributed by atoms with van der Waals surface area (Å²) in [6.45, 7) is -0.391. The Bertz CT molecular complexity index is 972. The highest BCUT2D eigenvalue weighted by atomic mass is 79.9. The van der Waals surface area contributed by atoms with E-state index in [0.29, 0.717) is 11.3 Å². The summed E-state index contributed by atoms with van der Waals surface area (Å²) in [7, 11) is 0. The van der Waals surface area contributed by atoms with E-state index in [0.717, 1.165) is 4.47 Å². The van der Waals surface area contributed by atoms with Crippen molar-refractivity contribution in [1.29, 1.82) is 0 Å². The van der Waals surface area contributed by atoms with Crippen molar-refractivity contribution in [2.75, 3.05) is 11.9 Å². The Morgan fingerprint density at radius 1 is 1.07 bits per heavy atom. The third-order valence-corrected chi connectivity index (χ3v) is 4.63. The third kappa shape index (κ3) is 5.08. The largest absolute Gasteiger partial charge is 0.454 e. The maximum Gasteiger partial charge on any atom is 0.338 e. The van der Waals surface area contributed by atoms with Crippen LogP contribution in [0.2, 0.25) is 0 Å². The molecule has 0 spiro atoms. The van der Waals surface area contributed by atoms with Gasteiger partial charge in [0.05, 0.1) is 11.1 Å². The van der Waals surface area contributed by atoms with Gasteiger partial charge in [-0.25, -0.2) is 9.78 Å². The molecule has 0 aliphatic carbocycles. The van der Waals surface area contributed by atoms with Gasteiger partial charge >= 0.3 is 5.97 Å². The van der Waals surface area contributed by atoms with E-state index in [1.165, 1.54) is 22.9 Å². The molecule has 8 heteroatoms. The van der Waals surface area contributed by atoms with Crippen LogP contribution in [0.5, 0.6) is 0 Å². The van der Waals surface area contributed by atoms with Crippen LogP contribution in [0.3, 0.4) is 0 Å². The minimum Gasteiger partial charge on any atom is -0.454 e. The zero-order valence-electron chi connectivity index (χ0n) is 13.8. The van der Waals surface area contributed by atoms with Gasteiger partial charge in [0.15, 0.2) is 6.61 Å². The molecular formula is C19H13BrN2O4S. The molecule has 0 saturated heterocycles. The molecule has 0 bridgehead atoms. The Kier molecular flexibility index (Phi) is 6.10. The van der Waals surface area contributed by atoms with Crippen LogP contribution in [0.4, 0.5) is 5.69 Å². The SMILES string of the molecule is O=C(Nc1cccc(C(=O)OCC(=O)c2cscn2)c1)c1ccc(Br)cc1. The quantitative estimate of drug-likeness (QED) is 0.454. The molecular weight excluding hydrogens is 432 g/mol. The van der Waals surface area contributed by atoms with E-state index in [2.05, 4.69) is 26.2 Å². The maximum atomic E-state index is 12.3. The van der Waals surface area contributed by atoms with Crippen LogP contribution in [-0.4, -0.2) is 29.3 Å². The molecule has 6 nitrogen and oxygen atoms in total. The van der Waals surface area contributed by atoms with Crippen LogP contribution in [0.25, 0.3) is 0 Å². The van der Waals surface area contributed by atoms with Crippen molar-refractivity contribution >= 4 is 50.6 Å². The second-order valence-corrected chi connectivity index (χ2v) is 7.05. The van der Waals surface area contributed by atoms with Crippen molar-refractivity contribution in [3.8, 4) is 0 Å². The third-order valence-electron chi connectivity index (χ3n) is 3.51. The molecule has 1 amide bonds. The molecule has 0 atom stereocenters. The number of rotatable bonds is 6. The molecule has 136 valence electrons. The van der Waals surface area contributed by atoms with Crippen molar-refractivity contribution in [2.45, 2.75) is 0 Å². The highest BCUT2D eigenvalue weighted by Crippen LogP contribution is 2.15. The first-order valence-electron chi connectivity index (χ1n) is 7.78.